The summed E-state index contributed by atoms with van der Waals surface area (Å²) >= 11 is 0. The van der Waals surface area contributed by atoms with Crippen molar-refractivity contribution in [2.45, 2.75) is 39.3 Å². The Kier molecular flexibility index (Phi) is 10.0. The molecule has 4 rings (SSSR count). The number of fused-ring (bicyclic) bond motifs is 1. The van der Waals surface area contributed by atoms with Crippen molar-refractivity contribution in [3.05, 3.63) is 42.6 Å². The normalized spacial score (nSPS) is 15.0. The second-order valence-corrected chi connectivity index (χ2v) is 16.9. The highest BCUT2D eigenvalue weighted by molar-refractivity contribution is 6.76. The number of piperazine rings is 1. The monoisotopic (exact) mass is 552 g/mol. The van der Waals surface area contributed by atoms with Crippen molar-refractivity contribution in [2.24, 2.45) is 0 Å². The van der Waals surface area contributed by atoms with E-state index in [4.69, 9.17) is 14.5 Å². The van der Waals surface area contributed by atoms with Crippen LogP contribution in [-0.4, -0.2) is 93.0 Å². The molecule has 10 heteroatoms. The molecular formula is C29H44N6O3Si. The predicted octanol–water partition coefficient (Wildman–Crippen LogP) is 4.78. The molecule has 0 aliphatic carbocycles. The van der Waals surface area contributed by atoms with Gasteiger partial charge in [0.2, 0.25) is 0 Å². The number of carbonyl (C=O) groups excluding carboxylic acids is 1. The lowest BCUT2D eigenvalue weighted by molar-refractivity contribution is 0.0899. The van der Waals surface area contributed by atoms with E-state index in [0.717, 1.165) is 73.2 Å². The SMILES string of the molecule is CCN1CCN(CCNC(=O)Nc2ccc3c(-c4ccccc4OC)cn(COCC[Si](C)(C)C)c3n2)CC1. The van der Waals surface area contributed by atoms with Crippen molar-refractivity contribution in [3.8, 4) is 16.9 Å². The molecule has 1 aromatic carbocycles. The standard InChI is InChI=1S/C29H44N6O3Si/c1-6-33-15-17-34(18-16-33)14-13-30-29(36)32-27-12-11-24-25(23-9-7-8-10-26(23)37-2)21-35(28(24)31-27)22-38-19-20-39(3,4)5/h7-12,21H,6,13-20,22H2,1-5H3,(H2,30,31,32,36). The highest BCUT2D eigenvalue weighted by Gasteiger charge is 2.18. The number of likely N-dealkylation sites (N-methyl/N-ethyl adjacent to an activating group) is 1. The van der Waals surface area contributed by atoms with Gasteiger partial charge in [0.15, 0.2) is 0 Å². The maximum atomic E-state index is 12.7. The van der Waals surface area contributed by atoms with Crippen molar-refractivity contribution in [3.63, 3.8) is 0 Å². The maximum absolute atomic E-state index is 12.7. The van der Waals surface area contributed by atoms with Crippen LogP contribution in [0.15, 0.2) is 42.6 Å². The molecule has 0 saturated carbocycles. The Balaban J connectivity index is 1.45. The zero-order valence-corrected chi connectivity index (χ0v) is 25.1. The molecule has 2 amide bonds. The number of rotatable bonds is 12. The Hall–Kier alpha value is -2.92. The number of para-hydroxylation sites is 1. The van der Waals surface area contributed by atoms with Gasteiger partial charge in [0.05, 0.1) is 7.11 Å². The highest BCUT2D eigenvalue weighted by Crippen LogP contribution is 2.36. The number of anilines is 1. The second-order valence-electron chi connectivity index (χ2n) is 11.3. The Morgan fingerprint density at radius 1 is 1.03 bits per heavy atom. The average Bonchev–Trinajstić information content (AvgIpc) is 3.28. The summed E-state index contributed by atoms with van der Waals surface area (Å²) in [5.41, 5.74) is 2.77. The van der Waals surface area contributed by atoms with Gasteiger partial charge in [-0.05, 0) is 30.8 Å². The van der Waals surface area contributed by atoms with Crippen molar-refractivity contribution in [1.82, 2.24) is 24.7 Å². The van der Waals surface area contributed by atoms with Gasteiger partial charge in [-0.15, -0.1) is 0 Å². The van der Waals surface area contributed by atoms with Crippen LogP contribution in [0.1, 0.15) is 6.92 Å². The minimum absolute atomic E-state index is 0.247. The van der Waals surface area contributed by atoms with Crippen LogP contribution in [-0.2, 0) is 11.5 Å². The first-order valence-electron chi connectivity index (χ1n) is 14.0. The first kappa shape index (κ1) is 29.1. The van der Waals surface area contributed by atoms with Crippen LogP contribution < -0.4 is 15.4 Å². The van der Waals surface area contributed by atoms with E-state index >= 15 is 0 Å². The molecule has 1 fully saturated rings. The molecule has 0 unspecified atom stereocenters. The van der Waals surface area contributed by atoms with Crippen LogP contribution in [0.4, 0.5) is 10.6 Å². The number of pyridine rings is 1. The fourth-order valence-electron chi connectivity index (χ4n) is 4.77. The molecule has 1 aliphatic heterocycles. The smallest absolute Gasteiger partial charge is 0.320 e. The lowest BCUT2D eigenvalue weighted by Crippen LogP contribution is -2.48. The zero-order valence-electron chi connectivity index (χ0n) is 24.1. The molecule has 39 heavy (non-hydrogen) atoms. The fourth-order valence-corrected chi connectivity index (χ4v) is 5.53. The van der Waals surface area contributed by atoms with Crippen molar-refractivity contribution in [2.75, 3.05) is 64.8 Å². The summed E-state index contributed by atoms with van der Waals surface area (Å²) in [5, 5.41) is 6.87. The van der Waals surface area contributed by atoms with Gasteiger partial charge >= 0.3 is 6.03 Å². The first-order valence-corrected chi connectivity index (χ1v) is 17.7. The molecule has 2 N–H and O–H groups in total. The number of hydrogen-bond acceptors (Lipinski definition) is 6. The number of nitrogens with zero attached hydrogens (tertiary/aromatic N) is 4. The Morgan fingerprint density at radius 3 is 2.49 bits per heavy atom. The predicted molar refractivity (Wildman–Crippen MR) is 161 cm³/mol. The molecule has 3 aromatic rings. The molecular weight excluding hydrogens is 508 g/mol. The third-order valence-electron chi connectivity index (χ3n) is 7.21. The molecule has 0 radical (unpaired) electrons. The largest absolute Gasteiger partial charge is 0.496 e. The number of carbonyl (C=O) groups is 1. The van der Waals surface area contributed by atoms with E-state index in [-0.39, 0.29) is 6.03 Å². The summed E-state index contributed by atoms with van der Waals surface area (Å²) in [4.78, 5) is 22.3. The summed E-state index contributed by atoms with van der Waals surface area (Å²) in [7, 11) is 0.492. The van der Waals surface area contributed by atoms with Gasteiger partial charge in [0, 0.05) is 76.7 Å². The van der Waals surface area contributed by atoms with Gasteiger partial charge in [0.25, 0.3) is 0 Å². The van der Waals surface area contributed by atoms with Gasteiger partial charge in [-0.2, -0.15) is 0 Å². The number of methoxy groups -OCH3 is 1. The lowest BCUT2D eigenvalue weighted by Gasteiger charge is -2.33. The highest BCUT2D eigenvalue weighted by atomic mass is 28.3. The van der Waals surface area contributed by atoms with E-state index in [9.17, 15) is 4.79 Å². The summed E-state index contributed by atoms with van der Waals surface area (Å²) < 4.78 is 13.7. The molecule has 9 nitrogen and oxygen atoms in total. The summed E-state index contributed by atoms with van der Waals surface area (Å²) in [6, 6.07) is 12.7. The van der Waals surface area contributed by atoms with Crippen LogP contribution in [0.3, 0.4) is 0 Å². The first-order chi connectivity index (χ1) is 18.8. The number of nitrogens with one attached hydrogen (secondary N) is 2. The van der Waals surface area contributed by atoms with Crippen LogP contribution in [0, 0.1) is 0 Å². The van der Waals surface area contributed by atoms with E-state index < -0.39 is 8.07 Å². The van der Waals surface area contributed by atoms with E-state index in [1.807, 2.05) is 41.0 Å². The van der Waals surface area contributed by atoms with E-state index in [2.05, 4.69) is 53.2 Å². The van der Waals surface area contributed by atoms with Gasteiger partial charge in [0.1, 0.15) is 23.9 Å². The minimum atomic E-state index is -1.19. The van der Waals surface area contributed by atoms with Crippen LogP contribution in [0.2, 0.25) is 25.7 Å². The number of ether oxygens (including phenoxy) is 2. The topological polar surface area (TPSA) is 83.9 Å². The van der Waals surface area contributed by atoms with Gasteiger partial charge in [-0.25, -0.2) is 9.78 Å². The summed E-state index contributed by atoms with van der Waals surface area (Å²) in [5.74, 6) is 1.30. The fraction of sp³-hybridized carbons (Fsp3) is 0.517. The van der Waals surface area contributed by atoms with E-state index in [0.29, 0.717) is 25.7 Å². The van der Waals surface area contributed by atoms with Crippen LogP contribution in [0.25, 0.3) is 22.2 Å². The third-order valence-corrected chi connectivity index (χ3v) is 8.92. The Labute approximate surface area is 233 Å². The van der Waals surface area contributed by atoms with Gasteiger partial charge < -0.3 is 24.3 Å². The zero-order chi connectivity index (χ0) is 27.8. The van der Waals surface area contributed by atoms with Gasteiger partial charge in [-0.3, -0.25) is 10.2 Å². The molecule has 2 aromatic heterocycles. The van der Waals surface area contributed by atoms with Gasteiger partial charge in [-0.1, -0.05) is 44.8 Å². The van der Waals surface area contributed by atoms with Crippen molar-refractivity contribution < 1.29 is 14.3 Å². The number of amides is 2. The van der Waals surface area contributed by atoms with Crippen LogP contribution >= 0.6 is 0 Å². The lowest BCUT2D eigenvalue weighted by atomic mass is 10.0. The minimum Gasteiger partial charge on any atom is -0.496 e. The number of benzene rings is 1. The summed E-state index contributed by atoms with van der Waals surface area (Å²) in [6.45, 7) is 17.1. The molecule has 0 spiro atoms. The molecule has 1 aliphatic rings. The van der Waals surface area contributed by atoms with E-state index in [1.165, 1.54) is 0 Å². The van der Waals surface area contributed by atoms with Crippen molar-refractivity contribution in [1.29, 1.82) is 0 Å². The number of aromatic nitrogens is 2. The third kappa shape index (κ3) is 8.04. The van der Waals surface area contributed by atoms with E-state index in [1.54, 1.807) is 7.11 Å². The number of urea groups is 1. The molecule has 0 bridgehead atoms. The Morgan fingerprint density at radius 2 is 1.77 bits per heavy atom. The maximum Gasteiger partial charge on any atom is 0.320 e. The van der Waals surface area contributed by atoms with Crippen LogP contribution in [0.5, 0.6) is 5.75 Å². The molecule has 1 saturated heterocycles. The Bertz CT molecular complexity index is 1230. The second kappa shape index (κ2) is 13.4. The number of hydrogen-bond donors (Lipinski definition) is 2. The molecule has 212 valence electrons. The van der Waals surface area contributed by atoms with Crippen molar-refractivity contribution >= 4 is 31.0 Å². The molecule has 0 atom stereocenters. The average molecular weight is 553 g/mol. The molecule has 3 heterocycles. The summed E-state index contributed by atoms with van der Waals surface area (Å²) in [6.07, 6.45) is 2.06. The quantitative estimate of drug-likeness (QED) is 0.249.